The minimum atomic E-state index is 0.167. The Morgan fingerprint density at radius 3 is 2.81 bits per heavy atom. The van der Waals surface area contributed by atoms with Gasteiger partial charge in [-0.3, -0.25) is 4.79 Å². The fraction of sp³-hybridized carbons (Fsp3) is 0.625. The fourth-order valence-corrected chi connectivity index (χ4v) is 2.96. The van der Waals surface area contributed by atoms with Crippen LogP contribution in [0.3, 0.4) is 0 Å². The highest BCUT2D eigenvalue weighted by Gasteiger charge is 2.27. The summed E-state index contributed by atoms with van der Waals surface area (Å²) in [5.74, 6) is 0.469. The molecule has 21 heavy (non-hydrogen) atoms. The van der Waals surface area contributed by atoms with Crippen LogP contribution in [-0.2, 0) is 4.79 Å². The minimum absolute atomic E-state index is 0.167. The summed E-state index contributed by atoms with van der Waals surface area (Å²) in [6.45, 7) is 4.82. The lowest BCUT2D eigenvalue weighted by Crippen LogP contribution is -2.41. The summed E-state index contributed by atoms with van der Waals surface area (Å²) in [7, 11) is 1.92. The van der Waals surface area contributed by atoms with E-state index < -0.39 is 0 Å². The Balaban J connectivity index is 1.87. The first-order valence-electron chi connectivity index (χ1n) is 7.73. The molecule has 0 N–H and O–H groups in total. The molecule has 0 radical (unpaired) electrons. The first kappa shape index (κ1) is 16.1. The zero-order valence-corrected chi connectivity index (χ0v) is 13.6. The van der Waals surface area contributed by atoms with Crippen LogP contribution in [-0.4, -0.2) is 42.5 Å². The largest absolute Gasteiger partial charge is 0.371 e. The van der Waals surface area contributed by atoms with Crippen molar-refractivity contribution in [1.29, 1.82) is 0 Å². The van der Waals surface area contributed by atoms with E-state index in [1.54, 1.807) is 6.20 Å². The van der Waals surface area contributed by atoms with Crippen LogP contribution in [0, 0.1) is 5.92 Å². The highest BCUT2D eigenvalue weighted by atomic mass is 35.5. The molecule has 1 aromatic rings. The summed E-state index contributed by atoms with van der Waals surface area (Å²) in [5, 5.41) is 0.519. The van der Waals surface area contributed by atoms with Crippen LogP contribution in [0.15, 0.2) is 18.3 Å². The number of aromatic nitrogens is 1. The monoisotopic (exact) mass is 309 g/mol. The van der Waals surface area contributed by atoms with Crippen molar-refractivity contribution < 1.29 is 4.79 Å². The maximum atomic E-state index is 12.4. The van der Waals surface area contributed by atoms with Gasteiger partial charge in [-0.25, -0.2) is 4.98 Å². The van der Waals surface area contributed by atoms with Crippen molar-refractivity contribution in [3.8, 4) is 0 Å². The molecule has 1 fully saturated rings. The van der Waals surface area contributed by atoms with Crippen LogP contribution in [0.2, 0.25) is 5.15 Å². The molecule has 4 nitrogen and oxygen atoms in total. The number of hydrogen-bond donors (Lipinski definition) is 0. The van der Waals surface area contributed by atoms with E-state index in [4.69, 9.17) is 11.6 Å². The molecule has 1 aliphatic rings. The smallest absolute Gasteiger partial charge is 0.225 e. The lowest BCUT2D eigenvalue weighted by Gasteiger charge is -2.34. The lowest BCUT2D eigenvalue weighted by molar-refractivity contribution is -0.134. The highest BCUT2D eigenvalue weighted by Crippen LogP contribution is 2.25. The van der Waals surface area contributed by atoms with Crippen LogP contribution in [0.25, 0.3) is 0 Å². The number of halogens is 1. The molecule has 0 bridgehead atoms. The zero-order chi connectivity index (χ0) is 15.2. The number of unbranched alkanes of at least 4 members (excludes halogenated alkanes) is 1. The van der Waals surface area contributed by atoms with E-state index in [9.17, 15) is 4.79 Å². The third kappa shape index (κ3) is 4.34. The highest BCUT2D eigenvalue weighted by molar-refractivity contribution is 6.29. The van der Waals surface area contributed by atoms with Gasteiger partial charge < -0.3 is 9.80 Å². The Kier molecular flexibility index (Phi) is 5.85. The maximum Gasteiger partial charge on any atom is 0.225 e. The van der Waals surface area contributed by atoms with Crippen LogP contribution in [0.5, 0.6) is 0 Å². The van der Waals surface area contributed by atoms with E-state index in [0.717, 1.165) is 51.0 Å². The number of piperidine rings is 1. The van der Waals surface area contributed by atoms with Gasteiger partial charge in [-0.2, -0.15) is 0 Å². The molecular formula is C16H24ClN3O. The van der Waals surface area contributed by atoms with Gasteiger partial charge in [0.1, 0.15) is 5.15 Å². The SMILES string of the molecule is CCCCN(C)C(=O)C1CCN(c2ccnc(Cl)c2)CC1. The average molecular weight is 310 g/mol. The van der Waals surface area contributed by atoms with Crippen molar-refractivity contribution in [2.45, 2.75) is 32.6 Å². The predicted octanol–water partition coefficient (Wildman–Crippen LogP) is 3.21. The molecule has 0 saturated carbocycles. The lowest BCUT2D eigenvalue weighted by atomic mass is 9.95. The summed E-state index contributed by atoms with van der Waals surface area (Å²) in [5.41, 5.74) is 1.10. The number of hydrogen-bond acceptors (Lipinski definition) is 3. The number of carbonyl (C=O) groups is 1. The predicted molar refractivity (Wildman–Crippen MR) is 86.7 cm³/mol. The van der Waals surface area contributed by atoms with Crippen LogP contribution >= 0.6 is 11.6 Å². The quantitative estimate of drug-likeness (QED) is 0.784. The van der Waals surface area contributed by atoms with Gasteiger partial charge in [-0.1, -0.05) is 24.9 Å². The molecule has 1 aromatic heterocycles. The standard InChI is InChI=1S/C16H24ClN3O/c1-3-4-9-19(2)16(21)13-6-10-20(11-7-13)14-5-8-18-15(17)12-14/h5,8,12-13H,3-4,6-7,9-11H2,1-2H3. The van der Waals surface area contributed by atoms with Crippen molar-refractivity contribution in [2.75, 3.05) is 31.6 Å². The van der Waals surface area contributed by atoms with Gasteiger partial charge in [0.2, 0.25) is 5.91 Å². The molecule has 0 aliphatic carbocycles. The molecule has 0 aromatic carbocycles. The van der Waals surface area contributed by atoms with Gasteiger partial charge in [-0.15, -0.1) is 0 Å². The number of rotatable bonds is 5. The van der Waals surface area contributed by atoms with Crippen molar-refractivity contribution in [1.82, 2.24) is 9.88 Å². The van der Waals surface area contributed by atoms with Gasteiger partial charge >= 0.3 is 0 Å². The molecule has 0 spiro atoms. The normalized spacial score (nSPS) is 16.0. The van der Waals surface area contributed by atoms with Crippen LogP contribution in [0.1, 0.15) is 32.6 Å². The molecule has 1 saturated heterocycles. The first-order valence-corrected chi connectivity index (χ1v) is 8.11. The summed E-state index contributed by atoms with van der Waals surface area (Å²) in [6.07, 6.45) is 5.76. The van der Waals surface area contributed by atoms with E-state index in [1.807, 2.05) is 24.1 Å². The van der Waals surface area contributed by atoms with Crippen LogP contribution < -0.4 is 4.90 Å². The van der Waals surface area contributed by atoms with E-state index in [2.05, 4.69) is 16.8 Å². The molecule has 5 heteroatoms. The summed E-state index contributed by atoms with van der Waals surface area (Å²) in [4.78, 5) is 20.6. The second-order valence-electron chi connectivity index (χ2n) is 5.71. The fourth-order valence-electron chi connectivity index (χ4n) is 2.79. The first-order chi connectivity index (χ1) is 10.1. The van der Waals surface area contributed by atoms with Gasteiger partial charge in [0.05, 0.1) is 0 Å². The van der Waals surface area contributed by atoms with E-state index in [1.165, 1.54) is 0 Å². The Morgan fingerprint density at radius 1 is 1.48 bits per heavy atom. The van der Waals surface area contributed by atoms with Crippen molar-refractivity contribution in [2.24, 2.45) is 5.92 Å². The Bertz CT molecular complexity index is 472. The second-order valence-corrected chi connectivity index (χ2v) is 6.10. The molecular weight excluding hydrogens is 286 g/mol. The Labute approximate surface area is 132 Å². The minimum Gasteiger partial charge on any atom is -0.371 e. The van der Waals surface area contributed by atoms with Gasteiger partial charge in [0, 0.05) is 44.5 Å². The molecule has 0 unspecified atom stereocenters. The van der Waals surface area contributed by atoms with E-state index in [-0.39, 0.29) is 5.92 Å². The summed E-state index contributed by atoms with van der Waals surface area (Å²) in [6, 6.07) is 3.86. The Morgan fingerprint density at radius 2 is 2.19 bits per heavy atom. The van der Waals surface area contributed by atoms with Gasteiger partial charge in [-0.05, 0) is 31.4 Å². The van der Waals surface area contributed by atoms with Crippen molar-refractivity contribution in [3.05, 3.63) is 23.5 Å². The van der Waals surface area contributed by atoms with Gasteiger partial charge in [0.15, 0.2) is 0 Å². The third-order valence-electron chi connectivity index (χ3n) is 4.14. The van der Waals surface area contributed by atoms with E-state index in [0.29, 0.717) is 11.1 Å². The summed E-state index contributed by atoms with van der Waals surface area (Å²) < 4.78 is 0. The third-order valence-corrected chi connectivity index (χ3v) is 4.35. The number of nitrogens with zero attached hydrogens (tertiary/aromatic N) is 3. The molecule has 0 atom stereocenters. The van der Waals surface area contributed by atoms with Crippen LogP contribution in [0.4, 0.5) is 5.69 Å². The number of amides is 1. The number of pyridine rings is 1. The van der Waals surface area contributed by atoms with Crippen molar-refractivity contribution >= 4 is 23.2 Å². The number of carbonyl (C=O) groups excluding carboxylic acids is 1. The van der Waals surface area contributed by atoms with Gasteiger partial charge in [0.25, 0.3) is 0 Å². The average Bonchev–Trinajstić information content (AvgIpc) is 2.52. The summed E-state index contributed by atoms with van der Waals surface area (Å²) >= 11 is 5.93. The molecule has 1 amide bonds. The van der Waals surface area contributed by atoms with E-state index >= 15 is 0 Å². The second kappa shape index (κ2) is 7.64. The molecule has 116 valence electrons. The van der Waals surface area contributed by atoms with Crippen molar-refractivity contribution in [3.63, 3.8) is 0 Å². The molecule has 1 aliphatic heterocycles. The number of anilines is 1. The molecule has 2 rings (SSSR count). The topological polar surface area (TPSA) is 36.4 Å². The molecule has 2 heterocycles. The zero-order valence-electron chi connectivity index (χ0n) is 12.9. The maximum absolute atomic E-state index is 12.4. The Hall–Kier alpha value is -1.29.